The maximum Gasteiger partial charge on any atom is 0.163 e. The first kappa shape index (κ1) is 16.3. The number of hydrogen-bond donors (Lipinski definition) is 1. The summed E-state index contributed by atoms with van der Waals surface area (Å²) in [5.41, 5.74) is 1.06. The van der Waals surface area contributed by atoms with E-state index in [0.717, 1.165) is 49.3 Å². The Kier molecular flexibility index (Phi) is 5.11. The molecule has 1 saturated heterocycles. The van der Waals surface area contributed by atoms with Crippen molar-refractivity contribution in [2.45, 2.75) is 38.1 Å². The number of anilines is 2. The molecule has 4 rings (SSSR count). The van der Waals surface area contributed by atoms with Gasteiger partial charge in [0.05, 0.1) is 13.2 Å². The zero-order valence-electron chi connectivity index (χ0n) is 14.7. The summed E-state index contributed by atoms with van der Waals surface area (Å²) in [7, 11) is 0. The number of rotatable bonds is 4. The van der Waals surface area contributed by atoms with E-state index >= 15 is 0 Å². The number of morpholine rings is 1. The van der Waals surface area contributed by atoms with E-state index in [9.17, 15) is 0 Å². The van der Waals surface area contributed by atoms with Crippen LogP contribution in [0.1, 0.15) is 32.1 Å². The number of nitrogens with one attached hydrogen (secondary N) is 1. The number of aromatic nitrogens is 2. The van der Waals surface area contributed by atoms with Gasteiger partial charge in [0.15, 0.2) is 5.82 Å². The van der Waals surface area contributed by atoms with Crippen LogP contribution in [-0.2, 0) is 4.74 Å². The van der Waals surface area contributed by atoms with E-state index in [1.165, 1.54) is 32.1 Å². The first-order chi connectivity index (χ1) is 12.4. The van der Waals surface area contributed by atoms with Gasteiger partial charge in [0.1, 0.15) is 11.6 Å². The van der Waals surface area contributed by atoms with Gasteiger partial charge in [0, 0.05) is 30.8 Å². The molecule has 132 valence electrons. The van der Waals surface area contributed by atoms with Crippen LogP contribution in [-0.4, -0.2) is 42.3 Å². The Morgan fingerprint density at radius 1 is 0.960 bits per heavy atom. The second kappa shape index (κ2) is 7.83. The van der Waals surface area contributed by atoms with Gasteiger partial charge in [0.2, 0.25) is 0 Å². The molecule has 0 atom stereocenters. The summed E-state index contributed by atoms with van der Waals surface area (Å²) in [5, 5.41) is 3.66. The topological polar surface area (TPSA) is 50.3 Å². The fourth-order valence-corrected chi connectivity index (χ4v) is 3.64. The average Bonchev–Trinajstić information content (AvgIpc) is 2.70. The van der Waals surface area contributed by atoms with Crippen molar-refractivity contribution in [3.8, 4) is 11.4 Å². The second-order valence-electron chi connectivity index (χ2n) is 6.88. The first-order valence-electron chi connectivity index (χ1n) is 9.42. The molecule has 1 aromatic heterocycles. The van der Waals surface area contributed by atoms with Crippen molar-refractivity contribution in [1.82, 2.24) is 9.97 Å². The van der Waals surface area contributed by atoms with Gasteiger partial charge in [-0.25, -0.2) is 9.97 Å². The maximum atomic E-state index is 5.49. The smallest absolute Gasteiger partial charge is 0.163 e. The zero-order valence-corrected chi connectivity index (χ0v) is 14.7. The molecular weight excluding hydrogens is 312 g/mol. The number of ether oxygens (including phenoxy) is 1. The zero-order chi connectivity index (χ0) is 16.9. The Morgan fingerprint density at radius 2 is 1.72 bits per heavy atom. The Balaban J connectivity index is 1.64. The van der Waals surface area contributed by atoms with Crippen LogP contribution in [0.4, 0.5) is 11.6 Å². The van der Waals surface area contributed by atoms with Crippen LogP contribution in [0.15, 0.2) is 36.4 Å². The minimum atomic E-state index is 0.532. The molecule has 1 aromatic carbocycles. The monoisotopic (exact) mass is 338 g/mol. The lowest BCUT2D eigenvalue weighted by molar-refractivity contribution is 0.122. The van der Waals surface area contributed by atoms with Gasteiger partial charge in [0.25, 0.3) is 0 Å². The van der Waals surface area contributed by atoms with E-state index in [1.54, 1.807) is 0 Å². The van der Waals surface area contributed by atoms with Gasteiger partial charge >= 0.3 is 0 Å². The summed E-state index contributed by atoms with van der Waals surface area (Å²) in [6.07, 6.45) is 6.45. The van der Waals surface area contributed by atoms with Crippen molar-refractivity contribution in [1.29, 1.82) is 0 Å². The lowest BCUT2D eigenvalue weighted by Gasteiger charge is -2.29. The quantitative estimate of drug-likeness (QED) is 0.921. The summed E-state index contributed by atoms with van der Waals surface area (Å²) in [6.45, 7) is 3.29. The molecule has 1 aliphatic heterocycles. The molecule has 1 aliphatic carbocycles. The molecule has 1 saturated carbocycles. The summed E-state index contributed by atoms with van der Waals surface area (Å²) in [5.74, 6) is 2.74. The van der Waals surface area contributed by atoms with Gasteiger partial charge in [-0.05, 0) is 12.8 Å². The van der Waals surface area contributed by atoms with Crippen LogP contribution in [0.5, 0.6) is 0 Å². The highest BCUT2D eigenvalue weighted by molar-refractivity contribution is 5.62. The highest BCUT2D eigenvalue weighted by Gasteiger charge is 2.18. The molecule has 5 heteroatoms. The maximum absolute atomic E-state index is 5.49. The molecule has 0 spiro atoms. The lowest BCUT2D eigenvalue weighted by atomic mass is 9.95. The summed E-state index contributed by atoms with van der Waals surface area (Å²) >= 11 is 0. The highest BCUT2D eigenvalue weighted by Crippen LogP contribution is 2.26. The minimum Gasteiger partial charge on any atom is -0.378 e. The average molecular weight is 338 g/mol. The third-order valence-corrected chi connectivity index (χ3v) is 5.04. The van der Waals surface area contributed by atoms with Crippen molar-refractivity contribution in [3.63, 3.8) is 0 Å². The van der Waals surface area contributed by atoms with E-state index in [-0.39, 0.29) is 0 Å². The van der Waals surface area contributed by atoms with Crippen LogP contribution in [0.3, 0.4) is 0 Å². The minimum absolute atomic E-state index is 0.532. The molecular formula is C20H26N4O. The van der Waals surface area contributed by atoms with Crippen molar-refractivity contribution in [3.05, 3.63) is 36.4 Å². The SMILES string of the molecule is c1ccc(-c2nc(NC3CCCCC3)cc(N3CCOCC3)n2)cc1. The van der Waals surface area contributed by atoms with E-state index in [0.29, 0.717) is 6.04 Å². The normalized spacial score (nSPS) is 19.0. The lowest BCUT2D eigenvalue weighted by Crippen LogP contribution is -2.37. The van der Waals surface area contributed by atoms with Gasteiger partial charge in [-0.3, -0.25) is 0 Å². The molecule has 0 radical (unpaired) electrons. The molecule has 5 nitrogen and oxygen atoms in total. The van der Waals surface area contributed by atoms with Crippen LogP contribution in [0, 0.1) is 0 Å². The summed E-state index contributed by atoms with van der Waals surface area (Å²) in [6, 6.07) is 12.9. The predicted octanol–water partition coefficient (Wildman–Crippen LogP) is 3.72. The van der Waals surface area contributed by atoms with Crippen LogP contribution >= 0.6 is 0 Å². The number of hydrogen-bond acceptors (Lipinski definition) is 5. The Bertz CT molecular complexity index is 679. The third-order valence-electron chi connectivity index (χ3n) is 5.04. The van der Waals surface area contributed by atoms with Crippen LogP contribution in [0.2, 0.25) is 0 Å². The van der Waals surface area contributed by atoms with Gasteiger partial charge < -0.3 is 15.0 Å². The standard InChI is InChI=1S/C20H26N4O/c1-3-7-16(8-4-1)20-22-18(21-17-9-5-2-6-10-17)15-19(23-20)24-11-13-25-14-12-24/h1,3-4,7-8,15,17H,2,5-6,9-14H2,(H,21,22,23). The van der Waals surface area contributed by atoms with Gasteiger partial charge in [-0.1, -0.05) is 49.6 Å². The second-order valence-corrected chi connectivity index (χ2v) is 6.88. The molecule has 0 bridgehead atoms. The van der Waals surface area contributed by atoms with Crippen LogP contribution < -0.4 is 10.2 Å². The number of nitrogens with zero attached hydrogens (tertiary/aromatic N) is 3. The number of benzene rings is 1. The van der Waals surface area contributed by atoms with Gasteiger partial charge in [-0.15, -0.1) is 0 Å². The Morgan fingerprint density at radius 3 is 2.48 bits per heavy atom. The highest BCUT2D eigenvalue weighted by atomic mass is 16.5. The first-order valence-corrected chi connectivity index (χ1v) is 9.42. The largest absolute Gasteiger partial charge is 0.378 e. The van der Waals surface area contributed by atoms with E-state index in [1.807, 2.05) is 18.2 Å². The Labute approximate surface area is 149 Å². The van der Waals surface area contributed by atoms with Crippen molar-refractivity contribution in [2.24, 2.45) is 0 Å². The summed E-state index contributed by atoms with van der Waals surface area (Å²) in [4.78, 5) is 11.9. The molecule has 2 aliphatic rings. The van der Waals surface area contributed by atoms with E-state index in [4.69, 9.17) is 14.7 Å². The molecule has 0 amide bonds. The fourth-order valence-electron chi connectivity index (χ4n) is 3.64. The molecule has 0 unspecified atom stereocenters. The molecule has 2 fully saturated rings. The molecule has 2 aromatic rings. The molecule has 2 heterocycles. The van der Waals surface area contributed by atoms with E-state index in [2.05, 4.69) is 28.4 Å². The molecule has 25 heavy (non-hydrogen) atoms. The van der Waals surface area contributed by atoms with Crippen LogP contribution in [0.25, 0.3) is 11.4 Å². The van der Waals surface area contributed by atoms with Crippen molar-refractivity contribution in [2.75, 3.05) is 36.5 Å². The third kappa shape index (κ3) is 4.10. The fraction of sp³-hybridized carbons (Fsp3) is 0.500. The Hall–Kier alpha value is -2.14. The van der Waals surface area contributed by atoms with Crippen molar-refractivity contribution >= 4 is 11.6 Å². The predicted molar refractivity (Wildman–Crippen MR) is 101 cm³/mol. The summed E-state index contributed by atoms with van der Waals surface area (Å²) < 4.78 is 5.49. The van der Waals surface area contributed by atoms with Crippen molar-refractivity contribution < 1.29 is 4.74 Å². The van der Waals surface area contributed by atoms with E-state index < -0.39 is 0 Å². The van der Waals surface area contributed by atoms with Gasteiger partial charge in [-0.2, -0.15) is 0 Å². The molecule has 1 N–H and O–H groups in total.